The third kappa shape index (κ3) is 3.34. The molecule has 212 valence electrons. The summed E-state index contributed by atoms with van der Waals surface area (Å²) in [5.74, 6) is 0.392. The highest BCUT2D eigenvalue weighted by Crippen LogP contribution is 2.45. The SMILES string of the molecule is C1=Cc2cc(-c3cc4ccc5cccc6ccc(c3)c4c56)ccc2C2CC=C(c3ccc4ccc5cccc6ccc3c4c56)C=C12. The minimum Gasteiger partial charge on any atom is -0.0757 e. The molecule has 0 amide bonds. The lowest BCUT2D eigenvalue weighted by atomic mass is 9.76. The average molecular weight is 581 g/mol. The molecule has 0 aliphatic heterocycles. The summed E-state index contributed by atoms with van der Waals surface area (Å²) in [6.45, 7) is 0. The van der Waals surface area contributed by atoms with E-state index < -0.39 is 0 Å². The molecule has 0 saturated heterocycles. The summed E-state index contributed by atoms with van der Waals surface area (Å²) in [5.41, 5.74) is 9.41. The van der Waals surface area contributed by atoms with Crippen molar-refractivity contribution < 1.29 is 0 Å². The predicted octanol–water partition coefficient (Wildman–Crippen LogP) is 12.7. The van der Waals surface area contributed by atoms with Crippen molar-refractivity contribution in [3.05, 3.63) is 168 Å². The zero-order valence-corrected chi connectivity index (χ0v) is 25.2. The first-order valence-electron chi connectivity index (χ1n) is 16.4. The highest BCUT2D eigenvalue weighted by molar-refractivity contribution is 6.25. The van der Waals surface area contributed by atoms with Gasteiger partial charge in [0.15, 0.2) is 0 Å². The third-order valence-corrected chi connectivity index (χ3v) is 10.9. The van der Waals surface area contributed by atoms with Gasteiger partial charge >= 0.3 is 0 Å². The molecule has 1 atom stereocenters. The number of hydrogen-bond donors (Lipinski definition) is 0. The molecule has 2 aliphatic rings. The second kappa shape index (κ2) is 8.93. The number of fused-ring (bicyclic) bond motifs is 3. The van der Waals surface area contributed by atoms with Crippen molar-refractivity contribution in [1.82, 2.24) is 0 Å². The molecule has 0 spiro atoms. The molecule has 0 heteroatoms. The summed E-state index contributed by atoms with van der Waals surface area (Å²) in [6.07, 6.45) is 10.6. The van der Waals surface area contributed by atoms with E-state index in [4.69, 9.17) is 0 Å². The molecule has 0 fully saturated rings. The quantitative estimate of drug-likeness (QED) is 0.178. The Balaban J connectivity index is 0.980. The van der Waals surface area contributed by atoms with E-state index in [1.165, 1.54) is 104 Å². The van der Waals surface area contributed by atoms with Gasteiger partial charge in [0.05, 0.1) is 0 Å². The standard InChI is InChI=1S/C46H28/c1-3-27-9-13-36-25-38(26-37-14-10-28(4-1)43(27)45(36)37)32-17-20-39-33(23-32)11-12-34-24-35(18-21-40(34)39)41-19-15-31-8-7-29-5-2-6-30-16-22-42(41)46(31)44(29)30/h1-20,22-26,40H,21H2. The van der Waals surface area contributed by atoms with Crippen molar-refractivity contribution in [3.8, 4) is 11.1 Å². The van der Waals surface area contributed by atoms with E-state index in [1.54, 1.807) is 0 Å². The van der Waals surface area contributed by atoms with Crippen LogP contribution in [0.1, 0.15) is 29.0 Å². The minimum absolute atomic E-state index is 0.392. The van der Waals surface area contributed by atoms with Crippen LogP contribution in [0.5, 0.6) is 0 Å². The maximum atomic E-state index is 2.47. The Hall–Kier alpha value is -5.72. The molecule has 0 radical (unpaired) electrons. The zero-order chi connectivity index (χ0) is 29.9. The van der Waals surface area contributed by atoms with Crippen LogP contribution in [0.3, 0.4) is 0 Å². The van der Waals surface area contributed by atoms with E-state index in [0.717, 1.165) is 6.42 Å². The summed E-state index contributed by atoms with van der Waals surface area (Å²) in [6, 6.07) is 48.0. The zero-order valence-electron chi connectivity index (χ0n) is 25.2. The van der Waals surface area contributed by atoms with Gasteiger partial charge in [-0.15, -0.1) is 0 Å². The average Bonchev–Trinajstić information content (AvgIpc) is 3.12. The lowest BCUT2D eigenvalue weighted by molar-refractivity contribution is 0.814. The van der Waals surface area contributed by atoms with Gasteiger partial charge in [0.1, 0.15) is 0 Å². The summed E-state index contributed by atoms with van der Waals surface area (Å²) in [7, 11) is 0. The van der Waals surface area contributed by atoms with Crippen molar-refractivity contribution in [3.63, 3.8) is 0 Å². The van der Waals surface area contributed by atoms with Crippen molar-refractivity contribution in [2.24, 2.45) is 0 Å². The van der Waals surface area contributed by atoms with Crippen LogP contribution in [0.25, 0.3) is 87.4 Å². The van der Waals surface area contributed by atoms with Crippen LogP contribution >= 0.6 is 0 Å². The molecular weight excluding hydrogens is 553 g/mol. The monoisotopic (exact) mass is 580 g/mol. The number of hydrogen-bond acceptors (Lipinski definition) is 0. The Morgan fingerprint density at radius 1 is 0.457 bits per heavy atom. The molecule has 0 nitrogen and oxygen atoms in total. The predicted molar refractivity (Wildman–Crippen MR) is 198 cm³/mol. The highest BCUT2D eigenvalue weighted by atomic mass is 14.3. The minimum atomic E-state index is 0.392. The van der Waals surface area contributed by atoms with E-state index in [-0.39, 0.29) is 0 Å². The Bertz CT molecular complexity index is 2740. The van der Waals surface area contributed by atoms with Gasteiger partial charge in [-0.3, -0.25) is 0 Å². The molecule has 0 aromatic heterocycles. The number of allylic oxidation sites excluding steroid dienone is 5. The first kappa shape index (κ1) is 24.6. The van der Waals surface area contributed by atoms with Crippen LogP contribution in [0, 0.1) is 0 Å². The van der Waals surface area contributed by atoms with Crippen molar-refractivity contribution >= 4 is 76.3 Å². The summed E-state index contributed by atoms with van der Waals surface area (Å²) in [5, 5.41) is 16.1. The van der Waals surface area contributed by atoms with Gasteiger partial charge in [0.25, 0.3) is 0 Å². The van der Waals surface area contributed by atoms with Gasteiger partial charge < -0.3 is 0 Å². The maximum Gasteiger partial charge on any atom is 0.0130 e. The number of rotatable bonds is 2. The van der Waals surface area contributed by atoms with Crippen LogP contribution in [-0.4, -0.2) is 0 Å². The molecule has 0 saturated carbocycles. The number of benzene rings is 9. The molecule has 11 rings (SSSR count). The van der Waals surface area contributed by atoms with Crippen LogP contribution in [0.15, 0.2) is 151 Å². The Kier molecular flexibility index (Phi) is 4.77. The van der Waals surface area contributed by atoms with E-state index in [0.29, 0.717) is 5.92 Å². The highest BCUT2D eigenvalue weighted by Gasteiger charge is 2.25. The lowest BCUT2D eigenvalue weighted by Crippen LogP contribution is -2.10. The van der Waals surface area contributed by atoms with Crippen molar-refractivity contribution in [2.45, 2.75) is 12.3 Å². The summed E-state index contributed by atoms with van der Waals surface area (Å²) < 4.78 is 0. The fourth-order valence-corrected chi connectivity index (χ4v) is 8.69. The van der Waals surface area contributed by atoms with Gasteiger partial charge in [-0.05, 0) is 128 Å². The molecule has 0 bridgehead atoms. The molecule has 46 heavy (non-hydrogen) atoms. The third-order valence-electron chi connectivity index (χ3n) is 10.9. The fraction of sp³-hybridized carbons (Fsp3) is 0.0435. The van der Waals surface area contributed by atoms with Crippen molar-refractivity contribution in [1.29, 1.82) is 0 Å². The molecule has 9 aromatic rings. The molecule has 2 aliphatic carbocycles. The molecule has 0 N–H and O–H groups in total. The summed E-state index contributed by atoms with van der Waals surface area (Å²) >= 11 is 0. The van der Waals surface area contributed by atoms with Crippen LogP contribution < -0.4 is 0 Å². The lowest BCUT2D eigenvalue weighted by Gasteiger charge is -2.28. The maximum absolute atomic E-state index is 2.47. The Labute approximate surface area is 266 Å². The van der Waals surface area contributed by atoms with E-state index >= 15 is 0 Å². The molecule has 1 unspecified atom stereocenters. The fourth-order valence-electron chi connectivity index (χ4n) is 8.69. The Morgan fingerprint density at radius 3 is 1.76 bits per heavy atom. The first-order valence-corrected chi connectivity index (χ1v) is 16.4. The van der Waals surface area contributed by atoms with E-state index in [9.17, 15) is 0 Å². The van der Waals surface area contributed by atoms with E-state index in [2.05, 4.69) is 152 Å². The Morgan fingerprint density at radius 2 is 1.04 bits per heavy atom. The first-order chi connectivity index (χ1) is 22.8. The van der Waals surface area contributed by atoms with Gasteiger partial charge in [-0.2, -0.15) is 0 Å². The smallest absolute Gasteiger partial charge is 0.0130 e. The normalized spacial score (nSPS) is 16.1. The summed E-state index contributed by atoms with van der Waals surface area (Å²) in [4.78, 5) is 0. The van der Waals surface area contributed by atoms with E-state index in [1.807, 2.05) is 0 Å². The molecule has 0 heterocycles. The topological polar surface area (TPSA) is 0 Å². The van der Waals surface area contributed by atoms with Gasteiger partial charge in [0.2, 0.25) is 0 Å². The van der Waals surface area contributed by atoms with Gasteiger partial charge in [0, 0.05) is 5.92 Å². The van der Waals surface area contributed by atoms with Crippen LogP contribution in [0.2, 0.25) is 0 Å². The second-order valence-electron chi connectivity index (χ2n) is 13.2. The van der Waals surface area contributed by atoms with Gasteiger partial charge in [-0.25, -0.2) is 0 Å². The van der Waals surface area contributed by atoms with Crippen LogP contribution in [-0.2, 0) is 0 Å². The van der Waals surface area contributed by atoms with Crippen molar-refractivity contribution in [2.75, 3.05) is 0 Å². The van der Waals surface area contributed by atoms with Gasteiger partial charge in [-0.1, -0.05) is 133 Å². The molecular formula is C46H28. The largest absolute Gasteiger partial charge is 0.0757 e. The van der Waals surface area contributed by atoms with Crippen LogP contribution in [0.4, 0.5) is 0 Å². The molecule has 9 aromatic carbocycles. The second-order valence-corrected chi connectivity index (χ2v) is 13.2.